The first-order valence-electron chi connectivity index (χ1n) is 11.2. The third-order valence-electron chi connectivity index (χ3n) is 7.85. The fraction of sp³-hybridized carbons (Fsp3) is 0.500. The van der Waals surface area contributed by atoms with E-state index in [1.54, 1.807) is 19.1 Å². The zero-order valence-electron chi connectivity index (χ0n) is 18.9. The van der Waals surface area contributed by atoms with Crippen molar-refractivity contribution in [2.75, 3.05) is 20.7 Å². The van der Waals surface area contributed by atoms with Gasteiger partial charge in [0.05, 0.1) is 18.4 Å². The van der Waals surface area contributed by atoms with Crippen molar-refractivity contribution in [2.45, 2.75) is 35.4 Å². The number of phenolic OH excluding ortho intramolecular Hbond substituents is 1. The normalized spacial score (nSPS) is 36.9. The lowest BCUT2D eigenvalue weighted by Gasteiger charge is -2.50. The molecule has 8 nitrogen and oxygen atoms in total. The van der Waals surface area contributed by atoms with Crippen LogP contribution in [0.3, 0.4) is 0 Å². The van der Waals surface area contributed by atoms with Crippen molar-refractivity contribution in [3.8, 4) is 11.5 Å². The minimum absolute atomic E-state index is 0.0419. The Labute approximate surface area is 206 Å². The molecule has 180 valence electrons. The largest absolute Gasteiger partial charge is 0.504 e. The van der Waals surface area contributed by atoms with Crippen LogP contribution < -0.4 is 4.74 Å². The second-order valence-electron chi connectivity index (χ2n) is 9.39. The maximum absolute atomic E-state index is 13.5. The van der Waals surface area contributed by atoms with Gasteiger partial charge in [0, 0.05) is 20.0 Å². The number of phenols is 1. The Morgan fingerprint density at radius 3 is 2.44 bits per heavy atom. The monoisotopic (exact) mass is 506 g/mol. The highest BCUT2D eigenvalue weighted by molar-refractivity contribution is 6.53. The lowest BCUT2D eigenvalue weighted by molar-refractivity contribution is -0.140. The van der Waals surface area contributed by atoms with Crippen LogP contribution in [-0.4, -0.2) is 69.0 Å². The molecule has 2 heterocycles. The number of hydrogen-bond acceptors (Lipinski definition) is 6. The first-order valence-corrected chi connectivity index (χ1v) is 11.9. The van der Waals surface area contributed by atoms with E-state index in [4.69, 9.17) is 27.9 Å². The first kappa shape index (κ1) is 23.2. The minimum Gasteiger partial charge on any atom is -0.504 e. The summed E-state index contributed by atoms with van der Waals surface area (Å²) in [6.07, 6.45) is 2.14. The number of allylic oxidation sites excluding steroid dienone is 2. The van der Waals surface area contributed by atoms with Crippen molar-refractivity contribution in [1.29, 1.82) is 0 Å². The van der Waals surface area contributed by atoms with Gasteiger partial charge in [0.2, 0.25) is 11.8 Å². The Morgan fingerprint density at radius 1 is 1.06 bits per heavy atom. The molecule has 1 N–H and O–H groups in total. The fourth-order valence-corrected chi connectivity index (χ4v) is 7.28. The van der Waals surface area contributed by atoms with Gasteiger partial charge >= 0.3 is 0 Å². The smallest absolute Gasteiger partial charge is 0.253 e. The van der Waals surface area contributed by atoms with Crippen molar-refractivity contribution in [2.24, 2.45) is 17.8 Å². The van der Waals surface area contributed by atoms with Crippen LogP contribution in [-0.2, 0) is 19.2 Å². The zero-order chi connectivity index (χ0) is 24.7. The van der Waals surface area contributed by atoms with E-state index >= 15 is 0 Å². The Bertz CT molecular complexity index is 1180. The van der Waals surface area contributed by atoms with Crippen molar-refractivity contribution in [3.05, 3.63) is 35.4 Å². The van der Waals surface area contributed by atoms with Gasteiger partial charge in [-0.3, -0.25) is 29.0 Å². The number of carbonyl (C=O) groups is 4. The van der Waals surface area contributed by atoms with Gasteiger partial charge in [-0.15, -0.1) is 23.2 Å². The summed E-state index contributed by atoms with van der Waals surface area (Å²) in [5.41, 5.74) is 1.23. The van der Waals surface area contributed by atoms with Crippen LogP contribution in [0.5, 0.6) is 11.5 Å². The fourth-order valence-electron chi connectivity index (χ4n) is 6.26. The molecule has 0 radical (unpaired) electrons. The van der Waals surface area contributed by atoms with Gasteiger partial charge in [0.1, 0.15) is 0 Å². The molecule has 2 aliphatic heterocycles. The second-order valence-corrected chi connectivity index (χ2v) is 10.6. The quantitative estimate of drug-likeness (QED) is 0.383. The highest BCUT2D eigenvalue weighted by Gasteiger charge is 2.75. The molecule has 1 aromatic carbocycles. The second kappa shape index (κ2) is 7.46. The van der Waals surface area contributed by atoms with E-state index in [0.29, 0.717) is 24.2 Å². The number of imide groups is 2. The van der Waals surface area contributed by atoms with Crippen molar-refractivity contribution in [3.63, 3.8) is 0 Å². The molecule has 4 amide bonds. The molecule has 10 heteroatoms. The maximum Gasteiger partial charge on any atom is 0.253 e. The van der Waals surface area contributed by atoms with E-state index in [-0.39, 0.29) is 29.7 Å². The molecule has 5 rings (SSSR count). The van der Waals surface area contributed by atoms with Crippen molar-refractivity contribution < 1.29 is 29.0 Å². The van der Waals surface area contributed by atoms with Crippen LogP contribution in [0.25, 0.3) is 0 Å². The van der Waals surface area contributed by atoms with Crippen LogP contribution in [0.4, 0.5) is 0 Å². The number of nitrogens with zero attached hydrogens (tertiary/aromatic N) is 2. The molecule has 0 bridgehead atoms. The molecule has 1 aromatic rings. The van der Waals surface area contributed by atoms with Crippen LogP contribution in [0.15, 0.2) is 29.8 Å². The van der Waals surface area contributed by atoms with E-state index in [0.717, 1.165) is 9.80 Å². The van der Waals surface area contributed by atoms with Gasteiger partial charge in [-0.1, -0.05) is 17.7 Å². The molecule has 4 aliphatic rings. The standard InChI is InChI=1S/C24H24Cl2N2O6/c1-4-34-16-9-11(5-8-15(16)29)18-12-6-7-13-17(20(31)27(2)19(13)30)14(12)10-23(25)21(32)28(3)22(33)24(18,23)26/h5-6,8-9,13-14,17-18,29H,4,7,10H2,1-3H3. The van der Waals surface area contributed by atoms with E-state index in [2.05, 4.69) is 0 Å². The van der Waals surface area contributed by atoms with Gasteiger partial charge in [-0.05, 0) is 43.4 Å². The molecule has 0 aromatic heterocycles. The van der Waals surface area contributed by atoms with Crippen LogP contribution in [0.1, 0.15) is 31.2 Å². The number of likely N-dealkylation sites (tertiary alicyclic amines) is 2. The third-order valence-corrected chi connectivity index (χ3v) is 9.26. The first-order chi connectivity index (χ1) is 16.0. The predicted octanol–water partition coefficient (Wildman–Crippen LogP) is 2.41. The van der Waals surface area contributed by atoms with Gasteiger partial charge in [0.15, 0.2) is 21.2 Å². The molecular weight excluding hydrogens is 483 g/mol. The molecule has 0 spiro atoms. The Morgan fingerprint density at radius 2 is 1.76 bits per heavy atom. The SMILES string of the molecule is CCOc1cc(C2C3=CCC4C(=O)N(C)C(=O)C4C3CC3(Cl)C(=O)N(C)C(=O)C23Cl)ccc1O. The number of carbonyl (C=O) groups excluding carboxylic acids is 4. The average molecular weight is 507 g/mol. The van der Waals surface area contributed by atoms with E-state index in [9.17, 15) is 24.3 Å². The minimum atomic E-state index is -1.85. The summed E-state index contributed by atoms with van der Waals surface area (Å²) in [5.74, 6) is -4.38. The van der Waals surface area contributed by atoms with Crippen LogP contribution >= 0.6 is 23.2 Å². The van der Waals surface area contributed by atoms with E-state index < -0.39 is 45.2 Å². The van der Waals surface area contributed by atoms with Gasteiger partial charge < -0.3 is 9.84 Å². The summed E-state index contributed by atoms with van der Waals surface area (Å²) < 4.78 is 5.54. The van der Waals surface area contributed by atoms with Gasteiger partial charge in [0.25, 0.3) is 11.8 Å². The number of rotatable bonds is 3. The molecule has 2 aliphatic carbocycles. The number of aromatic hydroxyl groups is 1. The molecule has 6 unspecified atom stereocenters. The Kier molecular flexibility index (Phi) is 5.08. The van der Waals surface area contributed by atoms with E-state index in [1.165, 1.54) is 20.2 Å². The summed E-state index contributed by atoms with van der Waals surface area (Å²) in [6, 6.07) is 4.64. The molecular formula is C24H24Cl2N2O6. The van der Waals surface area contributed by atoms with Crippen LogP contribution in [0.2, 0.25) is 0 Å². The molecule has 3 fully saturated rings. The van der Waals surface area contributed by atoms with Crippen molar-refractivity contribution in [1.82, 2.24) is 9.80 Å². The summed E-state index contributed by atoms with van der Waals surface area (Å²) in [4.78, 5) is 51.0. The number of alkyl halides is 2. The molecule has 34 heavy (non-hydrogen) atoms. The molecule has 1 saturated carbocycles. The van der Waals surface area contributed by atoms with E-state index in [1.807, 2.05) is 6.08 Å². The van der Waals surface area contributed by atoms with Gasteiger partial charge in [-0.2, -0.15) is 0 Å². The van der Waals surface area contributed by atoms with Crippen molar-refractivity contribution >= 4 is 46.8 Å². The summed E-state index contributed by atoms with van der Waals surface area (Å²) in [5, 5.41) is 10.2. The number of halogens is 2. The molecule has 2 saturated heterocycles. The topological polar surface area (TPSA) is 104 Å². The Balaban J connectivity index is 1.74. The lowest BCUT2D eigenvalue weighted by Crippen LogP contribution is -2.60. The number of hydrogen-bond donors (Lipinski definition) is 1. The Hall–Kier alpha value is -2.58. The summed E-state index contributed by atoms with van der Waals surface area (Å²) in [7, 11) is 2.80. The molecule has 6 atom stereocenters. The summed E-state index contributed by atoms with van der Waals surface area (Å²) in [6.45, 7) is 2.07. The predicted molar refractivity (Wildman–Crippen MR) is 123 cm³/mol. The van der Waals surface area contributed by atoms with Crippen LogP contribution in [0, 0.1) is 17.8 Å². The highest BCUT2D eigenvalue weighted by Crippen LogP contribution is 2.65. The number of ether oxygens (including phenoxy) is 1. The lowest BCUT2D eigenvalue weighted by atomic mass is 9.56. The third kappa shape index (κ3) is 2.67. The zero-order valence-corrected chi connectivity index (χ0v) is 20.4. The number of fused-ring (bicyclic) bond motifs is 4. The maximum atomic E-state index is 13.5. The average Bonchev–Trinajstić information content (AvgIpc) is 3.10. The number of amides is 4. The summed E-state index contributed by atoms with van der Waals surface area (Å²) >= 11 is 14.1. The number of benzene rings is 1. The van der Waals surface area contributed by atoms with Gasteiger partial charge in [-0.25, -0.2) is 0 Å². The highest BCUT2D eigenvalue weighted by atomic mass is 35.5.